The number of aromatic nitrogens is 3. The van der Waals surface area contributed by atoms with Crippen LogP contribution in [0.25, 0.3) is 17.0 Å². The van der Waals surface area contributed by atoms with E-state index in [1.165, 1.54) is 5.56 Å². The van der Waals surface area contributed by atoms with Crippen LogP contribution in [0.1, 0.15) is 28.8 Å². The number of piperidine rings is 1. The lowest BCUT2D eigenvalue weighted by Crippen LogP contribution is -2.44. The number of likely N-dealkylation sites (tertiary alicyclic amines) is 1. The van der Waals surface area contributed by atoms with Gasteiger partial charge in [-0.25, -0.2) is 0 Å². The fourth-order valence-corrected chi connectivity index (χ4v) is 4.67. The molecule has 2 aromatic carbocycles. The lowest BCUT2D eigenvalue weighted by atomic mass is 10.0. The number of hydrogen-bond donors (Lipinski definition) is 1. The third kappa shape index (κ3) is 4.45. The van der Waals surface area contributed by atoms with Crippen molar-refractivity contribution >= 4 is 27.5 Å². The molecule has 1 fully saturated rings. The minimum atomic E-state index is -0.0561. The number of hydrogen-bond acceptors (Lipinski definition) is 4. The molecule has 1 aliphatic heterocycles. The summed E-state index contributed by atoms with van der Waals surface area (Å²) in [6.45, 7) is 2.93. The van der Waals surface area contributed by atoms with Gasteiger partial charge < -0.3 is 5.32 Å². The molecule has 32 heavy (non-hydrogen) atoms. The van der Waals surface area contributed by atoms with Crippen molar-refractivity contribution in [1.29, 1.82) is 0 Å². The molecular formula is C25H24BrN5O. The third-order valence-corrected chi connectivity index (χ3v) is 6.65. The van der Waals surface area contributed by atoms with E-state index in [9.17, 15) is 4.79 Å². The summed E-state index contributed by atoms with van der Waals surface area (Å²) in [4.78, 5) is 15.3. The van der Waals surface area contributed by atoms with E-state index in [1.54, 1.807) is 6.07 Å². The average Bonchev–Trinajstić information content (AvgIpc) is 3.24. The molecule has 1 saturated heterocycles. The number of halogens is 1. The van der Waals surface area contributed by atoms with Gasteiger partial charge in [0.1, 0.15) is 0 Å². The van der Waals surface area contributed by atoms with Crippen LogP contribution in [0.4, 0.5) is 0 Å². The zero-order chi connectivity index (χ0) is 21.9. The molecule has 0 saturated carbocycles. The topological polar surface area (TPSA) is 62.5 Å². The Hall–Kier alpha value is -3.03. The first-order valence-electron chi connectivity index (χ1n) is 10.8. The molecule has 162 valence electrons. The predicted octanol–water partition coefficient (Wildman–Crippen LogP) is 4.55. The number of fused-ring (bicyclic) bond motifs is 1. The van der Waals surface area contributed by atoms with Gasteiger partial charge >= 0.3 is 0 Å². The number of carbonyl (C=O) groups is 1. The van der Waals surface area contributed by atoms with Crippen molar-refractivity contribution < 1.29 is 4.79 Å². The number of carbonyl (C=O) groups excluding carboxylic acids is 1. The van der Waals surface area contributed by atoms with E-state index in [4.69, 9.17) is 0 Å². The third-order valence-electron chi connectivity index (χ3n) is 5.96. The zero-order valence-corrected chi connectivity index (χ0v) is 19.2. The fraction of sp³-hybridized carbons (Fsp3) is 0.240. The number of benzene rings is 2. The monoisotopic (exact) mass is 489 g/mol. The molecule has 0 unspecified atom stereocenters. The molecule has 0 bridgehead atoms. The number of nitrogens with one attached hydrogen (secondary N) is 1. The van der Waals surface area contributed by atoms with Crippen LogP contribution in [0.5, 0.6) is 0 Å². The van der Waals surface area contributed by atoms with Gasteiger partial charge in [-0.05, 0) is 36.6 Å². The molecule has 6 nitrogen and oxygen atoms in total. The minimum Gasteiger partial charge on any atom is -0.349 e. The van der Waals surface area contributed by atoms with Crippen LogP contribution >= 0.6 is 15.9 Å². The molecule has 2 aromatic heterocycles. The molecule has 0 aliphatic carbocycles. The quantitative estimate of drug-likeness (QED) is 0.446. The van der Waals surface area contributed by atoms with E-state index < -0.39 is 0 Å². The highest BCUT2D eigenvalue weighted by atomic mass is 79.9. The molecule has 1 N–H and O–H groups in total. The summed E-state index contributed by atoms with van der Waals surface area (Å²) in [5.41, 5.74) is 3.55. The normalized spacial score (nSPS) is 15.2. The summed E-state index contributed by atoms with van der Waals surface area (Å²) in [5, 5.41) is 11.8. The molecular weight excluding hydrogens is 466 g/mol. The standard InChI is InChI=1S/C25H24BrN5O/c26-22-9-5-4-8-21(22)24-29-28-23-16-19(10-15-31(23)24)25(32)27-20-11-13-30(14-12-20)17-18-6-2-1-3-7-18/h1-10,15-16,20H,11-14,17H2,(H,27,32). The van der Waals surface area contributed by atoms with Crippen LogP contribution in [0.15, 0.2) is 77.4 Å². The molecule has 7 heteroatoms. The molecule has 5 rings (SSSR count). The summed E-state index contributed by atoms with van der Waals surface area (Å²) in [7, 11) is 0. The Kier molecular flexibility index (Phi) is 6.01. The van der Waals surface area contributed by atoms with Crippen LogP contribution in [-0.4, -0.2) is 44.5 Å². The molecule has 0 spiro atoms. The molecule has 3 heterocycles. The second kappa shape index (κ2) is 9.22. The fourth-order valence-electron chi connectivity index (χ4n) is 4.20. The first-order valence-corrected chi connectivity index (χ1v) is 11.6. The van der Waals surface area contributed by atoms with Crippen molar-refractivity contribution in [2.75, 3.05) is 13.1 Å². The summed E-state index contributed by atoms with van der Waals surface area (Å²) in [6, 6.07) is 22.3. The second-order valence-corrected chi connectivity index (χ2v) is 9.01. The minimum absolute atomic E-state index is 0.0561. The Labute approximate surface area is 195 Å². The van der Waals surface area contributed by atoms with Crippen molar-refractivity contribution in [3.8, 4) is 11.4 Å². The lowest BCUT2D eigenvalue weighted by Gasteiger charge is -2.32. The molecule has 1 amide bonds. The molecule has 1 aliphatic rings. The van der Waals surface area contributed by atoms with E-state index in [1.807, 2.05) is 47.0 Å². The smallest absolute Gasteiger partial charge is 0.251 e. The van der Waals surface area contributed by atoms with Crippen LogP contribution < -0.4 is 5.32 Å². The van der Waals surface area contributed by atoms with Gasteiger partial charge in [0.25, 0.3) is 5.91 Å². The average molecular weight is 490 g/mol. The molecule has 4 aromatic rings. The lowest BCUT2D eigenvalue weighted by molar-refractivity contribution is 0.0909. The highest BCUT2D eigenvalue weighted by molar-refractivity contribution is 9.10. The van der Waals surface area contributed by atoms with E-state index in [2.05, 4.69) is 60.6 Å². The zero-order valence-electron chi connectivity index (χ0n) is 17.6. The maximum atomic E-state index is 12.9. The Balaban J connectivity index is 1.22. The summed E-state index contributed by atoms with van der Waals surface area (Å²) in [5.74, 6) is 0.685. The maximum absolute atomic E-state index is 12.9. The van der Waals surface area contributed by atoms with Gasteiger partial charge in [0.15, 0.2) is 11.5 Å². The van der Waals surface area contributed by atoms with Crippen LogP contribution in [0, 0.1) is 0 Å². The number of pyridine rings is 1. The van der Waals surface area contributed by atoms with Crippen molar-refractivity contribution in [3.63, 3.8) is 0 Å². The predicted molar refractivity (Wildman–Crippen MR) is 128 cm³/mol. The van der Waals surface area contributed by atoms with E-state index in [0.717, 1.165) is 48.3 Å². The Bertz CT molecular complexity index is 1230. The van der Waals surface area contributed by atoms with Gasteiger partial charge in [-0.15, -0.1) is 10.2 Å². The van der Waals surface area contributed by atoms with Gasteiger partial charge in [0.05, 0.1) is 0 Å². The SMILES string of the molecule is O=C(NC1CCN(Cc2ccccc2)CC1)c1ccn2c(-c3ccccc3Br)nnc2c1. The Morgan fingerprint density at radius 2 is 1.75 bits per heavy atom. The molecule has 0 radical (unpaired) electrons. The van der Waals surface area contributed by atoms with E-state index >= 15 is 0 Å². The van der Waals surface area contributed by atoms with Gasteiger partial charge in [0, 0.05) is 47.5 Å². The van der Waals surface area contributed by atoms with E-state index in [-0.39, 0.29) is 11.9 Å². The van der Waals surface area contributed by atoms with Gasteiger partial charge in [0.2, 0.25) is 0 Å². The van der Waals surface area contributed by atoms with Crippen molar-refractivity contribution in [2.45, 2.75) is 25.4 Å². The van der Waals surface area contributed by atoms with Gasteiger partial charge in [-0.2, -0.15) is 0 Å². The second-order valence-electron chi connectivity index (χ2n) is 8.16. The van der Waals surface area contributed by atoms with E-state index in [0.29, 0.717) is 11.2 Å². The van der Waals surface area contributed by atoms with Crippen LogP contribution in [-0.2, 0) is 6.54 Å². The highest BCUT2D eigenvalue weighted by Crippen LogP contribution is 2.27. The highest BCUT2D eigenvalue weighted by Gasteiger charge is 2.22. The Morgan fingerprint density at radius 1 is 1.00 bits per heavy atom. The van der Waals surface area contributed by atoms with Crippen molar-refractivity contribution in [1.82, 2.24) is 24.8 Å². The van der Waals surface area contributed by atoms with Gasteiger partial charge in [-0.1, -0.05) is 64.5 Å². The van der Waals surface area contributed by atoms with Crippen molar-refractivity contribution in [2.24, 2.45) is 0 Å². The first-order chi connectivity index (χ1) is 15.7. The molecule has 0 atom stereocenters. The van der Waals surface area contributed by atoms with Gasteiger partial charge in [-0.3, -0.25) is 14.1 Å². The van der Waals surface area contributed by atoms with Crippen LogP contribution in [0.2, 0.25) is 0 Å². The summed E-state index contributed by atoms with van der Waals surface area (Å²) in [6.07, 6.45) is 3.78. The summed E-state index contributed by atoms with van der Waals surface area (Å²) < 4.78 is 2.86. The maximum Gasteiger partial charge on any atom is 0.251 e. The Morgan fingerprint density at radius 3 is 2.53 bits per heavy atom. The number of rotatable bonds is 5. The largest absolute Gasteiger partial charge is 0.349 e. The number of amides is 1. The first kappa shape index (κ1) is 20.8. The van der Waals surface area contributed by atoms with Crippen LogP contribution in [0.3, 0.4) is 0 Å². The number of nitrogens with zero attached hydrogens (tertiary/aromatic N) is 4. The summed E-state index contributed by atoms with van der Waals surface area (Å²) >= 11 is 3.57. The van der Waals surface area contributed by atoms with Crippen molar-refractivity contribution in [3.05, 3.63) is 88.5 Å².